The predicted octanol–water partition coefficient (Wildman–Crippen LogP) is 7.77. The Labute approximate surface area is 170 Å². The van der Waals surface area contributed by atoms with E-state index in [1.807, 2.05) is 0 Å². The predicted molar refractivity (Wildman–Crippen MR) is 123 cm³/mol. The monoisotopic (exact) mass is 372 g/mol. The summed E-state index contributed by atoms with van der Waals surface area (Å²) in [5.41, 5.74) is 7.36. The third-order valence-corrected chi connectivity index (χ3v) is 4.94. The molecule has 0 unspecified atom stereocenters. The maximum atomic E-state index is 3.50. The zero-order chi connectivity index (χ0) is 20.4. The lowest BCUT2D eigenvalue weighted by atomic mass is 9.87. The Kier molecular flexibility index (Phi) is 5.51. The highest BCUT2D eigenvalue weighted by Gasteiger charge is 2.13. The first kappa shape index (κ1) is 20.0. The molecular weight excluding hydrogens is 340 g/mol. The van der Waals surface area contributed by atoms with Gasteiger partial charge >= 0.3 is 0 Å². The second-order valence-corrected chi connectivity index (χ2v) is 9.49. The average molecular weight is 373 g/mol. The minimum Gasteiger partial charge on any atom is -0.355 e. The first-order valence-corrected chi connectivity index (χ1v) is 9.96. The van der Waals surface area contributed by atoms with Gasteiger partial charge in [0.2, 0.25) is 0 Å². The van der Waals surface area contributed by atoms with Crippen molar-refractivity contribution in [3.05, 3.63) is 83.9 Å². The number of benzene rings is 3. The van der Waals surface area contributed by atoms with E-state index in [0.717, 1.165) is 22.7 Å². The summed E-state index contributed by atoms with van der Waals surface area (Å²) >= 11 is 0. The smallest absolute Gasteiger partial charge is 0.0405 e. The lowest BCUT2D eigenvalue weighted by Crippen LogP contribution is -2.10. The van der Waals surface area contributed by atoms with Crippen molar-refractivity contribution in [1.82, 2.24) is 0 Å². The van der Waals surface area contributed by atoms with Crippen LogP contribution in [0.5, 0.6) is 0 Å². The van der Waals surface area contributed by atoms with Gasteiger partial charge in [0, 0.05) is 22.7 Å². The van der Waals surface area contributed by atoms with Crippen LogP contribution >= 0.6 is 0 Å². The summed E-state index contributed by atoms with van der Waals surface area (Å²) in [6, 6.07) is 25.7. The quantitative estimate of drug-likeness (QED) is 0.489. The molecule has 146 valence electrons. The number of nitrogens with one attached hydrogen (secondary N) is 2. The molecule has 0 aromatic heterocycles. The Balaban J connectivity index is 1.70. The van der Waals surface area contributed by atoms with Crippen molar-refractivity contribution >= 4 is 22.7 Å². The molecule has 3 aromatic carbocycles. The van der Waals surface area contributed by atoms with Crippen molar-refractivity contribution < 1.29 is 0 Å². The maximum Gasteiger partial charge on any atom is 0.0405 e. The summed E-state index contributed by atoms with van der Waals surface area (Å²) in [6.07, 6.45) is 0. The van der Waals surface area contributed by atoms with E-state index >= 15 is 0 Å². The molecule has 0 bridgehead atoms. The average Bonchev–Trinajstić information content (AvgIpc) is 2.61. The Hall–Kier alpha value is -2.74. The molecule has 0 saturated carbocycles. The molecule has 2 N–H and O–H groups in total. The highest BCUT2D eigenvalue weighted by molar-refractivity contribution is 5.68. The van der Waals surface area contributed by atoms with Crippen LogP contribution in [0.15, 0.2) is 72.8 Å². The summed E-state index contributed by atoms with van der Waals surface area (Å²) in [4.78, 5) is 0. The molecule has 0 radical (unpaired) electrons. The molecule has 3 aromatic rings. The van der Waals surface area contributed by atoms with Crippen molar-refractivity contribution in [3.8, 4) is 0 Å². The molecule has 0 fully saturated rings. The molecule has 0 spiro atoms. The van der Waals surface area contributed by atoms with Crippen molar-refractivity contribution in [2.24, 2.45) is 0 Å². The molecule has 2 heteroatoms. The van der Waals surface area contributed by atoms with E-state index in [0.29, 0.717) is 0 Å². The van der Waals surface area contributed by atoms with E-state index in [1.54, 1.807) is 0 Å². The fourth-order valence-corrected chi connectivity index (χ4v) is 3.12. The third kappa shape index (κ3) is 5.16. The molecule has 3 rings (SSSR count). The van der Waals surface area contributed by atoms with Gasteiger partial charge in [-0.3, -0.25) is 0 Å². The number of hydrogen-bond donors (Lipinski definition) is 2. The van der Waals surface area contributed by atoms with Gasteiger partial charge in [0.25, 0.3) is 0 Å². The Morgan fingerprint density at radius 1 is 0.464 bits per heavy atom. The van der Waals surface area contributed by atoms with Crippen LogP contribution in [0.4, 0.5) is 22.7 Å². The molecule has 0 atom stereocenters. The van der Waals surface area contributed by atoms with Gasteiger partial charge in [0.1, 0.15) is 0 Å². The van der Waals surface area contributed by atoms with Gasteiger partial charge in [0.05, 0.1) is 0 Å². The molecule has 0 aliphatic carbocycles. The van der Waals surface area contributed by atoms with E-state index < -0.39 is 0 Å². The van der Waals surface area contributed by atoms with Crippen molar-refractivity contribution in [3.63, 3.8) is 0 Å². The summed E-state index contributed by atoms with van der Waals surface area (Å²) in [5.74, 6) is 0. The third-order valence-electron chi connectivity index (χ3n) is 4.94. The van der Waals surface area contributed by atoms with Crippen LogP contribution < -0.4 is 10.6 Å². The second-order valence-electron chi connectivity index (χ2n) is 9.49. The SMILES string of the molecule is CC(C)(C)c1ccc(Nc2cccc(Nc3ccc(C(C)(C)C)cc3)c2)cc1. The molecule has 0 amide bonds. The van der Waals surface area contributed by atoms with Crippen LogP contribution in [0.25, 0.3) is 0 Å². The van der Waals surface area contributed by atoms with Crippen molar-refractivity contribution in [2.45, 2.75) is 52.4 Å². The van der Waals surface area contributed by atoms with E-state index in [-0.39, 0.29) is 10.8 Å². The topological polar surface area (TPSA) is 24.1 Å². The number of hydrogen-bond acceptors (Lipinski definition) is 2. The lowest BCUT2D eigenvalue weighted by molar-refractivity contribution is 0.590. The van der Waals surface area contributed by atoms with Crippen LogP contribution in [0.1, 0.15) is 52.7 Å². The van der Waals surface area contributed by atoms with Crippen LogP contribution in [-0.4, -0.2) is 0 Å². The van der Waals surface area contributed by atoms with Gasteiger partial charge in [-0.25, -0.2) is 0 Å². The Morgan fingerprint density at radius 2 is 0.821 bits per heavy atom. The molecule has 2 nitrogen and oxygen atoms in total. The number of rotatable bonds is 4. The zero-order valence-corrected chi connectivity index (χ0v) is 17.9. The Bertz CT molecular complexity index is 834. The van der Waals surface area contributed by atoms with Crippen LogP contribution in [0.3, 0.4) is 0 Å². The summed E-state index contributed by atoms with van der Waals surface area (Å²) in [7, 11) is 0. The Morgan fingerprint density at radius 3 is 1.14 bits per heavy atom. The van der Waals surface area contributed by atoms with Crippen molar-refractivity contribution in [2.75, 3.05) is 10.6 Å². The zero-order valence-electron chi connectivity index (χ0n) is 17.9. The van der Waals surface area contributed by atoms with E-state index in [1.165, 1.54) is 11.1 Å². The first-order chi connectivity index (χ1) is 13.1. The largest absolute Gasteiger partial charge is 0.355 e. The molecule has 0 heterocycles. The molecule has 0 saturated heterocycles. The molecule has 28 heavy (non-hydrogen) atoms. The van der Waals surface area contributed by atoms with Crippen LogP contribution in [0.2, 0.25) is 0 Å². The van der Waals surface area contributed by atoms with E-state index in [9.17, 15) is 0 Å². The second kappa shape index (κ2) is 7.71. The van der Waals surface area contributed by atoms with Gasteiger partial charge in [-0.15, -0.1) is 0 Å². The summed E-state index contributed by atoms with van der Waals surface area (Å²) < 4.78 is 0. The normalized spacial score (nSPS) is 11.9. The highest BCUT2D eigenvalue weighted by Crippen LogP contribution is 2.28. The van der Waals surface area contributed by atoms with E-state index in [2.05, 4.69) is 125 Å². The van der Waals surface area contributed by atoms with Crippen molar-refractivity contribution in [1.29, 1.82) is 0 Å². The van der Waals surface area contributed by atoms with Gasteiger partial charge in [-0.2, -0.15) is 0 Å². The van der Waals surface area contributed by atoms with Gasteiger partial charge in [0.15, 0.2) is 0 Å². The van der Waals surface area contributed by atoms with Gasteiger partial charge in [-0.1, -0.05) is 71.9 Å². The standard InChI is InChI=1S/C26H32N2/c1-25(2,3)19-10-14-21(15-11-19)27-23-8-7-9-24(18-23)28-22-16-12-20(13-17-22)26(4,5)6/h7-18,27-28H,1-6H3. The highest BCUT2D eigenvalue weighted by atomic mass is 14.9. The van der Waals surface area contributed by atoms with Gasteiger partial charge < -0.3 is 10.6 Å². The minimum absolute atomic E-state index is 0.172. The maximum absolute atomic E-state index is 3.50. The fraction of sp³-hybridized carbons (Fsp3) is 0.308. The minimum atomic E-state index is 0.172. The summed E-state index contributed by atoms with van der Waals surface area (Å²) in [5, 5.41) is 7.00. The van der Waals surface area contributed by atoms with Crippen LogP contribution in [0, 0.1) is 0 Å². The lowest BCUT2D eigenvalue weighted by Gasteiger charge is -2.19. The summed E-state index contributed by atoms with van der Waals surface area (Å²) in [6.45, 7) is 13.4. The molecular formula is C26H32N2. The molecule has 0 aliphatic heterocycles. The first-order valence-electron chi connectivity index (χ1n) is 9.96. The number of anilines is 4. The fourth-order valence-electron chi connectivity index (χ4n) is 3.12. The van der Waals surface area contributed by atoms with E-state index in [4.69, 9.17) is 0 Å². The van der Waals surface area contributed by atoms with Gasteiger partial charge in [-0.05, 0) is 64.4 Å². The molecule has 0 aliphatic rings. The van der Waals surface area contributed by atoms with Crippen LogP contribution in [-0.2, 0) is 10.8 Å².